The Morgan fingerprint density at radius 2 is 1.55 bits per heavy atom. The first-order valence-corrected chi connectivity index (χ1v) is 10.1. The molecule has 0 aliphatic carbocycles. The maximum Gasteiger partial charge on any atom is 0.421 e. The van der Waals surface area contributed by atoms with Gasteiger partial charge < -0.3 is 20.9 Å². The van der Waals surface area contributed by atoms with Crippen LogP contribution in [-0.2, 0) is 4.74 Å². The van der Waals surface area contributed by atoms with Gasteiger partial charge in [0, 0.05) is 12.5 Å². The SMILES string of the molecule is NC1CC(C(F)(F)F)C2NC1C1NNC(O1)[C@@](O)(C(F)(F)F)CCCCCCC2(F)F. The lowest BCUT2D eigenvalue weighted by Gasteiger charge is -2.46. The molecule has 0 radical (unpaired) electrons. The third-order valence-corrected chi connectivity index (χ3v) is 6.35. The van der Waals surface area contributed by atoms with E-state index in [-0.39, 0.29) is 25.7 Å². The average Bonchev–Trinajstić information content (AvgIpc) is 3.11. The molecular weight excluding hydrogens is 444 g/mol. The second-order valence-corrected chi connectivity index (χ2v) is 8.54. The van der Waals surface area contributed by atoms with Gasteiger partial charge in [0.1, 0.15) is 6.23 Å². The van der Waals surface area contributed by atoms with Gasteiger partial charge in [-0.05, 0) is 19.3 Å². The smallest absolute Gasteiger partial charge is 0.377 e. The molecule has 182 valence electrons. The molecule has 0 aromatic heterocycles. The van der Waals surface area contributed by atoms with Gasteiger partial charge in [-0.25, -0.2) is 19.6 Å². The molecule has 0 aromatic rings. The van der Waals surface area contributed by atoms with Crippen LogP contribution < -0.4 is 21.9 Å². The minimum atomic E-state index is -5.07. The van der Waals surface area contributed by atoms with Gasteiger partial charge in [-0.15, -0.1) is 0 Å². The molecule has 7 atom stereocenters. The zero-order valence-corrected chi connectivity index (χ0v) is 16.4. The van der Waals surface area contributed by atoms with E-state index >= 15 is 0 Å². The van der Waals surface area contributed by atoms with E-state index in [2.05, 4.69) is 16.2 Å². The molecule has 3 rings (SSSR count). The fraction of sp³-hybridized carbons (Fsp3) is 1.00. The summed E-state index contributed by atoms with van der Waals surface area (Å²) in [5, 5.41) is 12.6. The number of hydrazine groups is 1. The lowest BCUT2D eigenvalue weighted by atomic mass is 9.79. The molecule has 3 saturated heterocycles. The number of alkyl halides is 8. The van der Waals surface area contributed by atoms with Crippen LogP contribution in [0.3, 0.4) is 0 Å². The Bertz CT molecular complexity index is 634. The van der Waals surface area contributed by atoms with E-state index in [1.807, 2.05) is 0 Å². The van der Waals surface area contributed by atoms with Gasteiger partial charge in [-0.2, -0.15) is 26.3 Å². The third kappa shape index (κ3) is 4.93. The van der Waals surface area contributed by atoms with Gasteiger partial charge in [-0.1, -0.05) is 19.3 Å². The largest absolute Gasteiger partial charge is 0.421 e. The number of nitrogens with one attached hydrogen (secondary N) is 3. The van der Waals surface area contributed by atoms with Crippen LogP contribution in [0, 0.1) is 5.92 Å². The first-order chi connectivity index (χ1) is 14.2. The van der Waals surface area contributed by atoms with E-state index < -0.39 is 79.6 Å². The maximum absolute atomic E-state index is 14.8. The van der Waals surface area contributed by atoms with Crippen molar-refractivity contribution in [3.63, 3.8) is 0 Å². The Kier molecular flexibility index (Phi) is 6.83. The highest BCUT2D eigenvalue weighted by Gasteiger charge is 2.63. The summed E-state index contributed by atoms with van der Waals surface area (Å²) in [5.74, 6) is -6.15. The second-order valence-electron chi connectivity index (χ2n) is 8.54. The number of nitrogens with two attached hydrogens (primary N) is 1. The Hall–Kier alpha value is -0.800. The van der Waals surface area contributed by atoms with Crippen LogP contribution in [0.5, 0.6) is 0 Å². The number of aliphatic hydroxyl groups is 1. The molecule has 0 spiro atoms. The summed E-state index contributed by atoms with van der Waals surface area (Å²) in [5.41, 5.74) is 6.99. The predicted molar refractivity (Wildman–Crippen MR) is 91.4 cm³/mol. The normalized spacial score (nSPS) is 42.8. The van der Waals surface area contributed by atoms with Crippen LogP contribution >= 0.6 is 0 Å². The number of hydrogen-bond acceptors (Lipinski definition) is 6. The predicted octanol–water partition coefficient (Wildman–Crippen LogP) is 2.28. The molecule has 3 aliphatic rings. The fourth-order valence-corrected chi connectivity index (χ4v) is 4.54. The molecule has 4 bridgehead atoms. The van der Waals surface area contributed by atoms with Crippen LogP contribution in [0.15, 0.2) is 0 Å². The molecule has 3 fully saturated rings. The first kappa shape index (κ1) is 24.8. The van der Waals surface area contributed by atoms with Crippen LogP contribution in [-0.4, -0.2) is 59.6 Å². The highest BCUT2D eigenvalue weighted by atomic mass is 19.4. The number of halogens is 8. The molecular formula is C17H26F8N4O2. The Morgan fingerprint density at radius 3 is 2.13 bits per heavy atom. The standard InChI is InChI=1S/C17H26F8N4O2/c18-15(19)6-4-2-1-3-5-14(30,17(23,24)25)13-29-28-12(31-13)10-9(26)7-8(11(15)27-10)16(20,21)22/h8-13,27-30H,1-7,26H2/t8?,9?,10?,11?,12?,13?,14-/m1/s1. The van der Waals surface area contributed by atoms with E-state index in [1.54, 1.807) is 0 Å². The number of hydrogen-bond donors (Lipinski definition) is 5. The lowest BCUT2D eigenvalue weighted by Crippen LogP contribution is -2.70. The zero-order valence-electron chi connectivity index (χ0n) is 16.4. The van der Waals surface area contributed by atoms with Crippen molar-refractivity contribution in [3.05, 3.63) is 0 Å². The van der Waals surface area contributed by atoms with Gasteiger partial charge in [-0.3, -0.25) is 0 Å². The number of fused-ring (bicyclic) bond motifs is 5. The van der Waals surface area contributed by atoms with Crippen LogP contribution in [0.2, 0.25) is 0 Å². The monoisotopic (exact) mass is 470 g/mol. The zero-order chi connectivity index (χ0) is 23.2. The summed E-state index contributed by atoms with van der Waals surface area (Å²) in [4.78, 5) is 0. The summed E-state index contributed by atoms with van der Waals surface area (Å²) in [7, 11) is 0. The van der Waals surface area contributed by atoms with E-state index in [1.165, 1.54) is 0 Å². The molecule has 3 heterocycles. The van der Waals surface area contributed by atoms with E-state index in [4.69, 9.17) is 10.5 Å². The molecule has 0 aromatic carbocycles. The number of rotatable bonds is 0. The topological polar surface area (TPSA) is 91.6 Å². The van der Waals surface area contributed by atoms with Crippen molar-refractivity contribution >= 4 is 0 Å². The lowest BCUT2D eigenvalue weighted by molar-refractivity contribution is -0.300. The number of ether oxygens (including phenoxy) is 1. The van der Waals surface area contributed by atoms with Gasteiger partial charge >= 0.3 is 12.4 Å². The molecule has 31 heavy (non-hydrogen) atoms. The van der Waals surface area contributed by atoms with Crippen molar-refractivity contribution in [3.8, 4) is 0 Å². The Morgan fingerprint density at radius 1 is 0.935 bits per heavy atom. The summed E-state index contributed by atoms with van der Waals surface area (Å²) in [6.45, 7) is 0. The van der Waals surface area contributed by atoms with Crippen LogP contribution in [0.25, 0.3) is 0 Å². The molecule has 0 saturated carbocycles. The van der Waals surface area contributed by atoms with Crippen molar-refractivity contribution in [2.45, 2.75) is 99.4 Å². The fourth-order valence-electron chi connectivity index (χ4n) is 4.54. The highest BCUT2D eigenvalue weighted by molar-refractivity contribution is 5.05. The molecule has 14 heteroatoms. The summed E-state index contributed by atoms with van der Waals surface area (Å²) in [6.07, 6.45) is -16.1. The third-order valence-electron chi connectivity index (χ3n) is 6.35. The van der Waals surface area contributed by atoms with Crippen molar-refractivity contribution < 1.29 is 45.0 Å². The Balaban J connectivity index is 1.92. The minimum absolute atomic E-state index is 0.0791. The summed E-state index contributed by atoms with van der Waals surface area (Å²) >= 11 is 0. The molecule has 0 amide bonds. The first-order valence-electron chi connectivity index (χ1n) is 10.1. The highest BCUT2D eigenvalue weighted by Crippen LogP contribution is 2.44. The van der Waals surface area contributed by atoms with Crippen molar-refractivity contribution in [1.82, 2.24) is 16.2 Å². The van der Waals surface area contributed by atoms with Crippen LogP contribution in [0.1, 0.15) is 44.9 Å². The summed E-state index contributed by atoms with van der Waals surface area (Å²) < 4.78 is 116. The molecule has 6 N–H and O–H groups in total. The van der Waals surface area contributed by atoms with E-state index in [0.29, 0.717) is 0 Å². The van der Waals surface area contributed by atoms with Crippen LogP contribution in [0.4, 0.5) is 35.1 Å². The second kappa shape index (κ2) is 8.52. The van der Waals surface area contributed by atoms with Gasteiger partial charge in [0.2, 0.25) is 5.60 Å². The van der Waals surface area contributed by atoms with Crippen molar-refractivity contribution in [2.24, 2.45) is 11.7 Å². The Labute approximate surface area is 173 Å². The molecule has 6 unspecified atom stereocenters. The van der Waals surface area contributed by atoms with E-state index in [9.17, 15) is 40.2 Å². The average molecular weight is 470 g/mol. The summed E-state index contributed by atoms with van der Waals surface area (Å²) in [6, 6.07) is -5.01. The number of piperidine rings is 1. The minimum Gasteiger partial charge on any atom is -0.377 e. The van der Waals surface area contributed by atoms with Gasteiger partial charge in [0.15, 0.2) is 6.23 Å². The molecule has 6 nitrogen and oxygen atoms in total. The maximum atomic E-state index is 14.8. The van der Waals surface area contributed by atoms with Gasteiger partial charge in [0.25, 0.3) is 5.92 Å². The van der Waals surface area contributed by atoms with Crippen molar-refractivity contribution in [1.29, 1.82) is 0 Å². The molecule has 3 aliphatic heterocycles. The quantitative estimate of drug-likeness (QED) is 0.349. The van der Waals surface area contributed by atoms with E-state index in [0.717, 1.165) is 0 Å². The van der Waals surface area contributed by atoms with Gasteiger partial charge in [0.05, 0.1) is 18.0 Å². The van der Waals surface area contributed by atoms with Crippen molar-refractivity contribution in [2.75, 3.05) is 0 Å².